The number of hydrogen-bond donors (Lipinski definition) is 0. The molecule has 1 aliphatic carbocycles. The molecule has 3 heteroatoms. The highest BCUT2D eigenvalue weighted by atomic mass is 16.2. The molecule has 1 fully saturated rings. The van der Waals surface area contributed by atoms with Crippen molar-refractivity contribution in [1.29, 1.82) is 0 Å². The minimum Gasteiger partial charge on any atom is -0.272 e. The van der Waals surface area contributed by atoms with Crippen LogP contribution in [0.2, 0.25) is 0 Å². The van der Waals surface area contributed by atoms with Crippen molar-refractivity contribution in [2.45, 2.75) is 58.4 Å². The molecule has 0 radical (unpaired) electrons. The summed E-state index contributed by atoms with van der Waals surface area (Å²) in [4.78, 5) is 25.1. The lowest BCUT2D eigenvalue weighted by atomic mass is 9.86. The molecular formula is C15H23NO2. The van der Waals surface area contributed by atoms with Crippen molar-refractivity contribution in [2.24, 2.45) is 11.8 Å². The van der Waals surface area contributed by atoms with Gasteiger partial charge in [0.05, 0.1) is 0 Å². The van der Waals surface area contributed by atoms with Crippen molar-refractivity contribution < 1.29 is 9.59 Å². The molecule has 2 rings (SSSR count). The summed E-state index contributed by atoms with van der Waals surface area (Å²) >= 11 is 0. The highest BCUT2D eigenvalue weighted by molar-refractivity contribution is 6.13. The molecule has 2 amide bonds. The van der Waals surface area contributed by atoms with Crippen LogP contribution in [0, 0.1) is 11.8 Å². The first-order valence-electron chi connectivity index (χ1n) is 7.24. The number of hydrogen-bond acceptors (Lipinski definition) is 2. The van der Waals surface area contributed by atoms with Crippen LogP contribution in [0.4, 0.5) is 0 Å². The molecule has 3 atom stereocenters. The van der Waals surface area contributed by atoms with E-state index < -0.39 is 0 Å². The average molecular weight is 249 g/mol. The fourth-order valence-corrected chi connectivity index (χ4v) is 3.68. The van der Waals surface area contributed by atoms with Crippen molar-refractivity contribution in [3.63, 3.8) is 0 Å². The third-order valence-electron chi connectivity index (χ3n) is 4.39. The lowest BCUT2D eigenvalue weighted by molar-refractivity contribution is -0.140. The Morgan fingerprint density at radius 2 is 1.67 bits per heavy atom. The maximum absolute atomic E-state index is 11.8. The van der Waals surface area contributed by atoms with Crippen LogP contribution < -0.4 is 0 Å². The van der Waals surface area contributed by atoms with Gasteiger partial charge >= 0.3 is 0 Å². The van der Waals surface area contributed by atoms with Gasteiger partial charge in [-0.25, -0.2) is 0 Å². The number of amides is 2. The van der Waals surface area contributed by atoms with Gasteiger partial charge in [-0.3, -0.25) is 14.5 Å². The largest absolute Gasteiger partial charge is 0.272 e. The van der Waals surface area contributed by atoms with Crippen molar-refractivity contribution in [2.75, 3.05) is 0 Å². The zero-order valence-corrected chi connectivity index (χ0v) is 11.4. The van der Waals surface area contributed by atoms with E-state index in [-0.39, 0.29) is 17.9 Å². The second kappa shape index (κ2) is 5.68. The molecule has 3 nitrogen and oxygen atoms in total. The van der Waals surface area contributed by atoms with Crippen molar-refractivity contribution >= 4 is 11.8 Å². The van der Waals surface area contributed by atoms with Crippen LogP contribution in [-0.2, 0) is 9.59 Å². The Labute approximate surface area is 109 Å². The van der Waals surface area contributed by atoms with E-state index in [2.05, 4.69) is 13.8 Å². The van der Waals surface area contributed by atoms with E-state index >= 15 is 0 Å². The average Bonchev–Trinajstić information content (AvgIpc) is 2.86. The molecular weight excluding hydrogens is 226 g/mol. The summed E-state index contributed by atoms with van der Waals surface area (Å²) in [6.45, 7) is 4.40. The molecule has 3 unspecified atom stereocenters. The first kappa shape index (κ1) is 13.3. The third-order valence-corrected chi connectivity index (χ3v) is 4.39. The second-order valence-corrected chi connectivity index (χ2v) is 5.53. The first-order valence-corrected chi connectivity index (χ1v) is 7.24. The predicted octanol–water partition coefficient (Wildman–Crippen LogP) is 2.91. The fraction of sp³-hybridized carbons (Fsp3) is 0.733. The number of carbonyl (C=O) groups is 2. The highest BCUT2D eigenvalue weighted by Gasteiger charge is 2.42. The number of carbonyl (C=O) groups excluding carboxylic acids is 2. The minimum atomic E-state index is -0.108. The number of imide groups is 1. The summed E-state index contributed by atoms with van der Waals surface area (Å²) in [5, 5.41) is 0. The van der Waals surface area contributed by atoms with Crippen molar-refractivity contribution in [3.8, 4) is 0 Å². The highest BCUT2D eigenvalue weighted by Crippen LogP contribution is 2.41. The summed E-state index contributed by atoms with van der Waals surface area (Å²) in [5.74, 6) is 0.996. The quantitative estimate of drug-likeness (QED) is 0.703. The van der Waals surface area contributed by atoms with Crippen LogP contribution in [0.15, 0.2) is 12.2 Å². The van der Waals surface area contributed by atoms with E-state index in [4.69, 9.17) is 0 Å². The molecule has 1 aliphatic heterocycles. The standard InChI is InChI=1S/C15H23NO2/c1-3-5-11-7-8-13(12(11)6-4-2)16-14(17)9-10-15(16)18/h9-13H,3-8H2,1-2H3. The van der Waals surface area contributed by atoms with E-state index in [1.165, 1.54) is 36.3 Å². The molecule has 2 aliphatic rings. The zero-order valence-electron chi connectivity index (χ0n) is 11.4. The third kappa shape index (κ3) is 2.36. The lowest BCUT2D eigenvalue weighted by Crippen LogP contribution is -2.43. The summed E-state index contributed by atoms with van der Waals surface area (Å²) in [6.07, 6.45) is 9.67. The molecule has 0 aromatic heterocycles. The summed E-state index contributed by atoms with van der Waals surface area (Å²) in [6, 6.07) is 0.150. The van der Waals surface area contributed by atoms with Gasteiger partial charge in [-0.15, -0.1) is 0 Å². The SMILES string of the molecule is CCCC1CCC(N2C(=O)C=CC2=O)C1CCC. The minimum absolute atomic E-state index is 0.108. The van der Waals surface area contributed by atoms with Crippen molar-refractivity contribution in [3.05, 3.63) is 12.2 Å². The Balaban J connectivity index is 2.12. The maximum atomic E-state index is 11.8. The number of nitrogens with zero attached hydrogens (tertiary/aromatic N) is 1. The fourth-order valence-electron chi connectivity index (χ4n) is 3.68. The van der Waals surface area contributed by atoms with Gasteiger partial charge in [0.25, 0.3) is 11.8 Å². The zero-order chi connectivity index (χ0) is 13.1. The molecule has 0 aromatic carbocycles. The van der Waals surface area contributed by atoms with Crippen molar-refractivity contribution in [1.82, 2.24) is 4.90 Å². The molecule has 18 heavy (non-hydrogen) atoms. The Morgan fingerprint density at radius 3 is 2.22 bits per heavy atom. The second-order valence-electron chi connectivity index (χ2n) is 5.53. The summed E-state index contributed by atoms with van der Waals surface area (Å²) < 4.78 is 0. The van der Waals surface area contributed by atoms with Gasteiger partial charge in [-0.2, -0.15) is 0 Å². The molecule has 1 saturated carbocycles. The molecule has 0 N–H and O–H groups in total. The van der Waals surface area contributed by atoms with Gasteiger partial charge in [0.2, 0.25) is 0 Å². The molecule has 1 heterocycles. The van der Waals surface area contributed by atoms with Crippen LogP contribution in [0.3, 0.4) is 0 Å². The Bertz CT molecular complexity index is 344. The van der Waals surface area contributed by atoms with E-state index in [0.29, 0.717) is 11.8 Å². The van der Waals surface area contributed by atoms with E-state index in [1.54, 1.807) is 0 Å². The normalized spacial score (nSPS) is 31.7. The van der Waals surface area contributed by atoms with Gasteiger partial charge < -0.3 is 0 Å². The van der Waals surface area contributed by atoms with Gasteiger partial charge in [-0.1, -0.05) is 33.1 Å². The van der Waals surface area contributed by atoms with E-state index in [9.17, 15) is 9.59 Å². The Kier molecular flexibility index (Phi) is 4.20. The Morgan fingerprint density at radius 1 is 1.06 bits per heavy atom. The monoisotopic (exact) mass is 249 g/mol. The van der Waals surface area contributed by atoms with Crippen LogP contribution in [0.5, 0.6) is 0 Å². The summed E-state index contributed by atoms with van der Waals surface area (Å²) in [5.41, 5.74) is 0. The molecule has 0 aromatic rings. The van der Waals surface area contributed by atoms with Gasteiger partial charge in [-0.05, 0) is 31.1 Å². The molecule has 0 saturated heterocycles. The Hall–Kier alpha value is -1.12. The smallest absolute Gasteiger partial charge is 0.253 e. The van der Waals surface area contributed by atoms with E-state index in [0.717, 1.165) is 19.3 Å². The first-order chi connectivity index (χ1) is 8.69. The van der Waals surface area contributed by atoms with Gasteiger partial charge in [0.15, 0.2) is 0 Å². The van der Waals surface area contributed by atoms with Gasteiger partial charge in [0, 0.05) is 18.2 Å². The van der Waals surface area contributed by atoms with Crippen LogP contribution >= 0.6 is 0 Å². The van der Waals surface area contributed by atoms with Gasteiger partial charge in [0.1, 0.15) is 0 Å². The lowest BCUT2D eigenvalue weighted by Gasteiger charge is -2.30. The van der Waals surface area contributed by atoms with E-state index in [1.807, 2.05) is 0 Å². The maximum Gasteiger partial charge on any atom is 0.253 e. The summed E-state index contributed by atoms with van der Waals surface area (Å²) in [7, 11) is 0. The van der Waals surface area contributed by atoms with Crippen LogP contribution in [-0.4, -0.2) is 22.8 Å². The molecule has 100 valence electrons. The van der Waals surface area contributed by atoms with Crippen LogP contribution in [0.1, 0.15) is 52.4 Å². The molecule has 0 spiro atoms. The molecule has 0 bridgehead atoms. The topological polar surface area (TPSA) is 37.4 Å². The predicted molar refractivity (Wildman–Crippen MR) is 70.8 cm³/mol. The van der Waals surface area contributed by atoms with Crippen LogP contribution in [0.25, 0.3) is 0 Å². The number of rotatable bonds is 5.